The molecule has 12 heteroatoms. The summed E-state index contributed by atoms with van der Waals surface area (Å²) in [6.45, 7) is 19.8. The predicted molar refractivity (Wildman–Crippen MR) is 144 cm³/mol. The molecule has 0 unspecified atom stereocenters. The van der Waals surface area contributed by atoms with Crippen molar-refractivity contribution in [1.82, 2.24) is 19.5 Å². The maximum Gasteiger partial charge on any atom is 0.323 e. The second-order valence-electron chi connectivity index (χ2n) is 11.8. The van der Waals surface area contributed by atoms with Gasteiger partial charge in [0, 0.05) is 13.1 Å². The number of carbonyl (C=O) groups excluding carboxylic acids is 1. The monoisotopic (exact) mass is 544 g/mol. The molecule has 0 spiro atoms. The molecule has 2 amide bonds. The van der Waals surface area contributed by atoms with E-state index >= 15 is 0 Å². The molecule has 4 heterocycles. The third-order valence-electron chi connectivity index (χ3n) is 7.92. The Morgan fingerprint density at radius 1 is 1.24 bits per heavy atom. The second-order valence-corrected chi connectivity index (χ2v) is 16.6. The Kier molecular flexibility index (Phi) is 7.39. The van der Waals surface area contributed by atoms with Crippen LogP contribution >= 0.6 is 0 Å². The molecule has 0 bridgehead atoms. The molecule has 0 aromatic carbocycles. The topological polar surface area (TPSA) is 123 Å². The fraction of sp³-hybridized carbons (Fsp3) is 0.692. The SMILES string of the molecule is CCN(CC)C(=O)Nc1ncnn2c([C@]3(C#N)O[C@H](CO[Si](C)(C)C(C)(C)C)[C@H]4OC(C)(C)O[C@H]43)ccc12. The van der Waals surface area contributed by atoms with Gasteiger partial charge in [-0.25, -0.2) is 14.3 Å². The van der Waals surface area contributed by atoms with E-state index in [1.807, 2.05) is 27.7 Å². The summed E-state index contributed by atoms with van der Waals surface area (Å²) in [5.74, 6) is -0.561. The number of aromatic nitrogens is 3. The maximum absolute atomic E-state index is 12.7. The van der Waals surface area contributed by atoms with Crippen molar-refractivity contribution in [2.45, 2.75) is 96.3 Å². The number of hydrogen-bond donors (Lipinski definition) is 1. The van der Waals surface area contributed by atoms with Crippen LogP contribution in [-0.4, -0.2) is 77.6 Å². The third-order valence-corrected chi connectivity index (χ3v) is 12.4. The van der Waals surface area contributed by atoms with Gasteiger partial charge in [-0.2, -0.15) is 10.4 Å². The molecule has 2 saturated heterocycles. The normalized spacial score (nSPS) is 26.8. The highest BCUT2D eigenvalue weighted by molar-refractivity contribution is 6.74. The van der Waals surface area contributed by atoms with Crippen LogP contribution in [-0.2, 0) is 24.2 Å². The van der Waals surface area contributed by atoms with Crippen LogP contribution in [0.2, 0.25) is 18.1 Å². The van der Waals surface area contributed by atoms with Crippen molar-refractivity contribution in [1.29, 1.82) is 5.26 Å². The van der Waals surface area contributed by atoms with Crippen LogP contribution in [0.1, 0.15) is 54.2 Å². The van der Waals surface area contributed by atoms with Gasteiger partial charge < -0.3 is 23.5 Å². The zero-order valence-electron chi connectivity index (χ0n) is 23.9. The molecule has 2 aliphatic rings. The smallest absolute Gasteiger partial charge is 0.323 e. The second kappa shape index (κ2) is 9.88. The Labute approximate surface area is 225 Å². The van der Waals surface area contributed by atoms with E-state index in [2.05, 4.69) is 55.3 Å². The van der Waals surface area contributed by atoms with Crippen molar-refractivity contribution in [3.8, 4) is 6.07 Å². The van der Waals surface area contributed by atoms with Gasteiger partial charge in [0.05, 0.1) is 12.3 Å². The summed E-state index contributed by atoms with van der Waals surface area (Å²) in [5, 5.41) is 17.9. The van der Waals surface area contributed by atoms with E-state index in [0.29, 0.717) is 30.1 Å². The molecule has 2 aromatic rings. The number of rotatable bonds is 7. The molecule has 2 fully saturated rings. The summed E-state index contributed by atoms with van der Waals surface area (Å²) in [6, 6.07) is 5.66. The van der Waals surface area contributed by atoms with Crippen molar-refractivity contribution in [3.63, 3.8) is 0 Å². The lowest BCUT2D eigenvalue weighted by atomic mass is 9.92. The highest BCUT2D eigenvalue weighted by atomic mass is 28.4. The molecular weight excluding hydrogens is 504 g/mol. The largest absolute Gasteiger partial charge is 0.414 e. The van der Waals surface area contributed by atoms with Crippen molar-refractivity contribution < 1.29 is 23.4 Å². The summed E-state index contributed by atoms with van der Waals surface area (Å²) in [6.07, 6.45) is -0.398. The number of carbonyl (C=O) groups is 1. The van der Waals surface area contributed by atoms with Gasteiger partial charge in [0.15, 0.2) is 19.9 Å². The summed E-state index contributed by atoms with van der Waals surface area (Å²) in [5.41, 5.74) is -0.500. The molecular formula is C26H40N6O5Si. The van der Waals surface area contributed by atoms with E-state index in [0.717, 1.165) is 0 Å². The first kappa shape index (κ1) is 28.4. The van der Waals surface area contributed by atoms with Crippen LogP contribution in [0.5, 0.6) is 0 Å². The van der Waals surface area contributed by atoms with Crippen molar-refractivity contribution in [2.24, 2.45) is 0 Å². The average molecular weight is 545 g/mol. The summed E-state index contributed by atoms with van der Waals surface area (Å²) >= 11 is 0. The van der Waals surface area contributed by atoms with Gasteiger partial charge in [0.2, 0.25) is 5.60 Å². The van der Waals surface area contributed by atoms with Crippen LogP contribution in [0.3, 0.4) is 0 Å². The van der Waals surface area contributed by atoms with Gasteiger partial charge in [-0.05, 0) is 58.0 Å². The lowest BCUT2D eigenvalue weighted by Gasteiger charge is -2.37. The molecule has 2 aromatic heterocycles. The minimum atomic E-state index is -2.09. The first-order valence-electron chi connectivity index (χ1n) is 13.2. The number of ether oxygens (including phenoxy) is 3. The molecule has 0 radical (unpaired) electrons. The highest BCUT2D eigenvalue weighted by Crippen LogP contribution is 2.50. The molecule has 4 atom stereocenters. The molecule has 208 valence electrons. The van der Waals surface area contributed by atoms with Gasteiger partial charge in [-0.15, -0.1) is 0 Å². The van der Waals surface area contributed by atoms with Gasteiger partial charge in [-0.1, -0.05) is 20.8 Å². The predicted octanol–water partition coefficient (Wildman–Crippen LogP) is 4.26. The zero-order chi connectivity index (χ0) is 28.1. The Bertz CT molecular complexity index is 1230. The Balaban J connectivity index is 1.71. The van der Waals surface area contributed by atoms with Gasteiger partial charge in [0.1, 0.15) is 36.2 Å². The molecule has 0 aliphatic carbocycles. The van der Waals surface area contributed by atoms with Crippen molar-refractivity contribution in [3.05, 3.63) is 24.2 Å². The number of nitrogens with zero attached hydrogens (tertiary/aromatic N) is 5. The molecule has 11 nitrogen and oxygen atoms in total. The van der Waals surface area contributed by atoms with E-state index in [-0.39, 0.29) is 17.7 Å². The van der Waals surface area contributed by atoms with E-state index in [4.69, 9.17) is 18.6 Å². The van der Waals surface area contributed by atoms with Crippen LogP contribution in [0.4, 0.5) is 10.6 Å². The zero-order valence-corrected chi connectivity index (χ0v) is 24.9. The van der Waals surface area contributed by atoms with Crippen LogP contribution in [0.15, 0.2) is 18.5 Å². The van der Waals surface area contributed by atoms with Gasteiger partial charge in [0.25, 0.3) is 0 Å². The lowest BCUT2D eigenvalue weighted by molar-refractivity contribution is -0.204. The van der Waals surface area contributed by atoms with Crippen LogP contribution in [0.25, 0.3) is 5.52 Å². The molecule has 4 rings (SSSR count). The number of fused-ring (bicyclic) bond motifs is 2. The van der Waals surface area contributed by atoms with E-state index in [1.165, 1.54) is 6.33 Å². The Morgan fingerprint density at radius 2 is 1.92 bits per heavy atom. The summed E-state index contributed by atoms with van der Waals surface area (Å²) in [4.78, 5) is 18.6. The average Bonchev–Trinajstić information content (AvgIpc) is 3.49. The fourth-order valence-electron chi connectivity index (χ4n) is 4.74. The number of amides is 2. The van der Waals surface area contributed by atoms with Crippen LogP contribution in [0, 0.1) is 11.3 Å². The highest BCUT2D eigenvalue weighted by Gasteiger charge is 2.65. The molecule has 0 saturated carbocycles. The minimum absolute atomic E-state index is 0.0181. The number of nitrogens with one attached hydrogen (secondary N) is 1. The first-order valence-corrected chi connectivity index (χ1v) is 16.1. The standard InChI is InChI=1S/C26H40N6O5Si/c1-10-31(11-2)23(33)30-22-17-12-13-19(32(17)29-16-28-22)26(15-27)21-20(36-25(6,7)37-21)18(35-26)14-34-38(8,9)24(3,4)5/h12-13,16,18,20-21H,10-11,14H2,1-9H3,(H,28,29,30,33)/t18-,20-,21-,26+/m1/s1. The summed E-state index contributed by atoms with van der Waals surface area (Å²) < 4.78 is 27.1. The van der Waals surface area contributed by atoms with Crippen LogP contribution < -0.4 is 5.32 Å². The quantitative estimate of drug-likeness (QED) is 0.513. The molecule has 38 heavy (non-hydrogen) atoms. The fourth-order valence-corrected chi connectivity index (χ4v) is 5.75. The number of hydrogen-bond acceptors (Lipinski definition) is 8. The van der Waals surface area contributed by atoms with Crippen molar-refractivity contribution >= 4 is 25.7 Å². The van der Waals surface area contributed by atoms with E-state index < -0.39 is 38.0 Å². The summed E-state index contributed by atoms with van der Waals surface area (Å²) in [7, 11) is -2.09. The number of nitriles is 1. The van der Waals surface area contributed by atoms with Gasteiger partial charge in [-0.3, -0.25) is 5.32 Å². The number of anilines is 1. The first-order chi connectivity index (χ1) is 17.7. The minimum Gasteiger partial charge on any atom is -0.414 e. The van der Waals surface area contributed by atoms with E-state index in [9.17, 15) is 10.1 Å². The molecule has 2 aliphatic heterocycles. The Hall–Kier alpha value is -2.56. The Morgan fingerprint density at radius 3 is 2.53 bits per heavy atom. The lowest BCUT2D eigenvalue weighted by Crippen LogP contribution is -2.44. The third kappa shape index (κ3) is 4.82. The number of urea groups is 1. The van der Waals surface area contributed by atoms with Gasteiger partial charge >= 0.3 is 6.03 Å². The molecule has 1 N–H and O–H groups in total. The maximum atomic E-state index is 12.7. The van der Waals surface area contributed by atoms with E-state index in [1.54, 1.807) is 21.5 Å². The van der Waals surface area contributed by atoms with Crippen molar-refractivity contribution in [2.75, 3.05) is 25.0 Å².